The van der Waals surface area contributed by atoms with Crippen LogP contribution in [0.4, 0.5) is 0 Å². The van der Waals surface area contributed by atoms with E-state index in [1.165, 1.54) is 0 Å². The lowest BCUT2D eigenvalue weighted by atomic mass is 10.0. The lowest BCUT2D eigenvalue weighted by Crippen LogP contribution is -2.12. The van der Waals surface area contributed by atoms with Gasteiger partial charge in [-0.3, -0.25) is 0 Å². The quantitative estimate of drug-likeness (QED) is 0.901. The molecular formula is C13H16ClN3O. The van der Waals surface area contributed by atoms with Gasteiger partial charge in [-0.05, 0) is 30.7 Å². The molecule has 0 bridgehead atoms. The van der Waals surface area contributed by atoms with Crippen LogP contribution in [-0.2, 0) is 0 Å². The molecule has 1 heterocycles. The van der Waals surface area contributed by atoms with Gasteiger partial charge < -0.3 is 10.3 Å². The maximum absolute atomic E-state index is 5.84. The Hall–Kier alpha value is -1.39. The summed E-state index contributed by atoms with van der Waals surface area (Å²) in [5, 5.41) is 4.67. The molecule has 1 aromatic carbocycles. The fourth-order valence-corrected chi connectivity index (χ4v) is 1.93. The van der Waals surface area contributed by atoms with Crippen molar-refractivity contribution in [2.24, 2.45) is 5.73 Å². The molecule has 1 unspecified atom stereocenters. The van der Waals surface area contributed by atoms with E-state index in [1.807, 2.05) is 12.1 Å². The van der Waals surface area contributed by atoms with E-state index in [1.54, 1.807) is 12.1 Å². The first-order chi connectivity index (χ1) is 8.74. The van der Waals surface area contributed by atoms with Gasteiger partial charge in [0.2, 0.25) is 11.7 Å². The number of nitrogens with two attached hydrogens (primary N) is 1. The lowest BCUT2D eigenvalue weighted by Gasteiger charge is -2.06. The molecule has 2 aromatic rings. The molecule has 2 N–H and O–H groups in total. The van der Waals surface area contributed by atoms with Crippen LogP contribution in [0, 0.1) is 0 Å². The molecule has 96 valence electrons. The summed E-state index contributed by atoms with van der Waals surface area (Å²) < 4.78 is 5.28. The van der Waals surface area contributed by atoms with Crippen molar-refractivity contribution < 1.29 is 4.52 Å². The Labute approximate surface area is 111 Å². The summed E-state index contributed by atoms with van der Waals surface area (Å²) >= 11 is 5.84. The number of hydrogen-bond donors (Lipinski definition) is 1. The van der Waals surface area contributed by atoms with E-state index in [-0.39, 0.29) is 5.92 Å². The zero-order valence-corrected chi connectivity index (χ0v) is 11.0. The third-order valence-corrected chi connectivity index (χ3v) is 3.07. The number of rotatable bonds is 5. The smallest absolute Gasteiger partial charge is 0.231 e. The fourth-order valence-electron chi connectivity index (χ4n) is 1.81. The van der Waals surface area contributed by atoms with E-state index in [2.05, 4.69) is 17.1 Å². The van der Waals surface area contributed by atoms with Gasteiger partial charge in [-0.15, -0.1) is 0 Å². The van der Waals surface area contributed by atoms with E-state index < -0.39 is 0 Å². The van der Waals surface area contributed by atoms with Gasteiger partial charge in [0.1, 0.15) is 0 Å². The molecule has 5 heteroatoms. The molecule has 0 radical (unpaired) electrons. The zero-order valence-electron chi connectivity index (χ0n) is 10.3. The van der Waals surface area contributed by atoms with Crippen LogP contribution in [0.5, 0.6) is 0 Å². The minimum atomic E-state index is 0.142. The predicted octanol–water partition coefficient (Wildman–Crippen LogP) is 3.23. The van der Waals surface area contributed by atoms with Crippen molar-refractivity contribution in [3.8, 4) is 11.4 Å². The Kier molecular flexibility index (Phi) is 4.33. The van der Waals surface area contributed by atoms with Crippen LogP contribution in [0.2, 0.25) is 5.02 Å². The van der Waals surface area contributed by atoms with Gasteiger partial charge in [-0.2, -0.15) is 4.98 Å². The average molecular weight is 266 g/mol. The van der Waals surface area contributed by atoms with E-state index in [9.17, 15) is 0 Å². The second kappa shape index (κ2) is 5.98. The van der Waals surface area contributed by atoms with Gasteiger partial charge in [-0.1, -0.05) is 30.1 Å². The van der Waals surface area contributed by atoms with Crippen molar-refractivity contribution in [3.05, 3.63) is 35.2 Å². The van der Waals surface area contributed by atoms with Gasteiger partial charge in [0, 0.05) is 17.1 Å². The Morgan fingerprint density at radius 2 is 2.06 bits per heavy atom. The molecule has 0 amide bonds. The van der Waals surface area contributed by atoms with Crippen LogP contribution in [0.25, 0.3) is 11.4 Å². The number of aromatic nitrogens is 2. The van der Waals surface area contributed by atoms with E-state index >= 15 is 0 Å². The standard InChI is InChI=1S/C13H16ClN3O/c1-2-3-10(8-15)13-16-12(17-18-13)9-4-6-11(14)7-5-9/h4-7,10H,2-3,8,15H2,1H3. The highest BCUT2D eigenvalue weighted by Gasteiger charge is 2.17. The summed E-state index contributed by atoms with van der Waals surface area (Å²) in [6.45, 7) is 2.63. The second-order valence-corrected chi connectivity index (χ2v) is 4.62. The molecule has 0 spiro atoms. The Balaban J connectivity index is 2.21. The number of nitrogens with zero attached hydrogens (tertiary/aromatic N) is 2. The van der Waals surface area contributed by atoms with Crippen LogP contribution in [0.1, 0.15) is 31.6 Å². The van der Waals surface area contributed by atoms with Crippen LogP contribution in [0.15, 0.2) is 28.8 Å². The van der Waals surface area contributed by atoms with Gasteiger partial charge >= 0.3 is 0 Å². The average Bonchev–Trinajstić information content (AvgIpc) is 2.86. The zero-order chi connectivity index (χ0) is 13.0. The normalized spacial score (nSPS) is 12.6. The van der Waals surface area contributed by atoms with Gasteiger partial charge in [0.25, 0.3) is 0 Å². The second-order valence-electron chi connectivity index (χ2n) is 4.18. The molecule has 0 fully saturated rings. The first kappa shape index (κ1) is 13.1. The third kappa shape index (κ3) is 2.89. The van der Waals surface area contributed by atoms with Crippen LogP contribution in [0.3, 0.4) is 0 Å². The number of benzene rings is 1. The van der Waals surface area contributed by atoms with Crippen molar-refractivity contribution in [2.75, 3.05) is 6.54 Å². The maximum Gasteiger partial charge on any atom is 0.231 e. The summed E-state index contributed by atoms with van der Waals surface area (Å²) in [4.78, 5) is 4.40. The van der Waals surface area contributed by atoms with Crippen molar-refractivity contribution in [2.45, 2.75) is 25.7 Å². The molecule has 1 aromatic heterocycles. The van der Waals surface area contributed by atoms with Crippen molar-refractivity contribution in [3.63, 3.8) is 0 Å². The molecule has 0 aliphatic heterocycles. The molecule has 0 aliphatic carbocycles. The molecule has 1 atom stereocenters. The SMILES string of the molecule is CCCC(CN)c1nc(-c2ccc(Cl)cc2)no1. The van der Waals surface area contributed by atoms with Gasteiger partial charge in [0.15, 0.2) is 0 Å². The van der Waals surface area contributed by atoms with Crippen molar-refractivity contribution >= 4 is 11.6 Å². The molecule has 4 nitrogen and oxygen atoms in total. The van der Waals surface area contributed by atoms with E-state index in [0.717, 1.165) is 18.4 Å². The molecule has 18 heavy (non-hydrogen) atoms. The van der Waals surface area contributed by atoms with Crippen LogP contribution >= 0.6 is 11.6 Å². The first-order valence-electron chi connectivity index (χ1n) is 6.04. The van der Waals surface area contributed by atoms with Gasteiger partial charge in [-0.25, -0.2) is 0 Å². The fraction of sp³-hybridized carbons (Fsp3) is 0.385. The van der Waals surface area contributed by atoms with Crippen LogP contribution in [-0.4, -0.2) is 16.7 Å². The summed E-state index contributed by atoms with van der Waals surface area (Å²) in [5.41, 5.74) is 6.60. The summed E-state index contributed by atoms with van der Waals surface area (Å²) in [6.07, 6.45) is 2.00. The van der Waals surface area contributed by atoms with E-state index in [4.69, 9.17) is 21.9 Å². The highest BCUT2D eigenvalue weighted by molar-refractivity contribution is 6.30. The van der Waals surface area contributed by atoms with Gasteiger partial charge in [0.05, 0.1) is 5.92 Å². The minimum absolute atomic E-state index is 0.142. The summed E-state index contributed by atoms with van der Waals surface area (Å²) in [5.74, 6) is 1.34. The summed E-state index contributed by atoms with van der Waals surface area (Å²) in [7, 11) is 0. The molecule has 0 saturated heterocycles. The van der Waals surface area contributed by atoms with Crippen molar-refractivity contribution in [1.82, 2.24) is 10.1 Å². The maximum atomic E-state index is 5.84. The highest BCUT2D eigenvalue weighted by Crippen LogP contribution is 2.23. The minimum Gasteiger partial charge on any atom is -0.339 e. The first-order valence-corrected chi connectivity index (χ1v) is 6.42. The molecule has 2 rings (SSSR count). The third-order valence-electron chi connectivity index (χ3n) is 2.82. The monoisotopic (exact) mass is 265 g/mol. The molecule has 0 aliphatic rings. The summed E-state index contributed by atoms with van der Waals surface area (Å²) in [6, 6.07) is 7.35. The topological polar surface area (TPSA) is 64.9 Å². The van der Waals surface area contributed by atoms with Crippen molar-refractivity contribution in [1.29, 1.82) is 0 Å². The lowest BCUT2D eigenvalue weighted by molar-refractivity contribution is 0.347. The highest BCUT2D eigenvalue weighted by atomic mass is 35.5. The number of hydrogen-bond acceptors (Lipinski definition) is 4. The van der Waals surface area contributed by atoms with E-state index in [0.29, 0.717) is 23.3 Å². The largest absolute Gasteiger partial charge is 0.339 e. The Morgan fingerprint density at radius 3 is 2.67 bits per heavy atom. The molecular weight excluding hydrogens is 250 g/mol. The molecule has 0 saturated carbocycles. The predicted molar refractivity (Wildman–Crippen MR) is 71.4 cm³/mol. The Morgan fingerprint density at radius 1 is 1.33 bits per heavy atom. The Bertz CT molecular complexity index is 495. The number of halogens is 1. The van der Waals surface area contributed by atoms with Crippen LogP contribution < -0.4 is 5.73 Å².